The second-order valence-corrected chi connectivity index (χ2v) is 7.55. The average Bonchev–Trinajstić information content (AvgIpc) is 3.46. The highest BCUT2D eigenvalue weighted by atomic mass is 19.2. The number of methoxy groups -OCH3 is 2. The Balaban J connectivity index is 1.82. The number of nitrogens with zero attached hydrogens (tertiary/aromatic N) is 1. The summed E-state index contributed by atoms with van der Waals surface area (Å²) < 4.78 is 59.4. The lowest BCUT2D eigenvalue weighted by atomic mass is 10.1. The first-order valence-electron chi connectivity index (χ1n) is 10.3. The molecule has 0 spiro atoms. The summed E-state index contributed by atoms with van der Waals surface area (Å²) in [4.78, 5) is 48.7. The van der Waals surface area contributed by atoms with Crippen molar-refractivity contribution in [1.82, 2.24) is 9.88 Å². The largest absolute Gasteiger partial charge is 0.494 e. The first kappa shape index (κ1) is 24.5. The van der Waals surface area contributed by atoms with Crippen LogP contribution in [-0.4, -0.2) is 49.0 Å². The molecule has 1 aliphatic heterocycles. The van der Waals surface area contributed by atoms with Crippen LogP contribution >= 0.6 is 0 Å². The van der Waals surface area contributed by atoms with Crippen LogP contribution in [0.4, 0.5) is 13.2 Å². The Bertz CT molecular complexity index is 1460. The summed E-state index contributed by atoms with van der Waals surface area (Å²) in [6.45, 7) is -0.239. The fraction of sp³-hybridized carbons (Fsp3) is 0.167. The molecule has 1 amide bonds. The van der Waals surface area contributed by atoms with E-state index >= 15 is 4.39 Å². The summed E-state index contributed by atoms with van der Waals surface area (Å²) in [5, 5.41) is 2.29. The molecular weight excluding hydrogens is 485 g/mol. The number of hydrogen-bond acceptors (Lipinski definition) is 7. The molecule has 1 aromatic heterocycles. The van der Waals surface area contributed by atoms with Gasteiger partial charge in [0.2, 0.25) is 12.1 Å². The van der Waals surface area contributed by atoms with Crippen molar-refractivity contribution >= 4 is 34.5 Å². The summed E-state index contributed by atoms with van der Waals surface area (Å²) in [5.74, 6) is -7.10. The van der Waals surface area contributed by atoms with E-state index in [0.29, 0.717) is 0 Å². The SMILES string of the molecule is COC(=O)c1ccc2c(C(=O)C(=O)NC3=CC(=O)OC3)cn(C(F)c3ccc(OC)c(F)c3F)c2c1. The van der Waals surface area contributed by atoms with Gasteiger partial charge in [0.1, 0.15) is 6.61 Å². The van der Waals surface area contributed by atoms with Crippen LogP contribution in [0.15, 0.2) is 48.3 Å². The van der Waals surface area contributed by atoms with E-state index in [0.717, 1.165) is 43.2 Å². The van der Waals surface area contributed by atoms with Crippen molar-refractivity contribution in [3.05, 3.63) is 76.6 Å². The van der Waals surface area contributed by atoms with Gasteiger partial charge >= 0.3 is 11.9 Å². The molecule has 0 radical (unpaired) electrons. The molecule has 1 atom stereocenters. The number of nitrogens with one attached hydrogen (secondary N) is 1. The zero-order valence-electron chi connectivity index (χ0n) is 18.8. The third kappa shape index (κ3) is 4.28. The van der Waals surface area contributed by atoms with E-state index in [4.69, 9.17) is 4.74 Å². The van der Waals surface area contributed by atoms with Gasteiger partial charge in [0.15, 0.2) is 11.6 Å². The Labute approximate surface area is 201 Å². The molecule has 2 aromatic carbocycles. The molecule has 0 saturated carbocycles. The lowest BCUT2D eigenvalue weighted by Crippen LogP contribution is -2.31. The van der Waals surface area contributed by atoms with Gasteiger partial charge in [-0.2, -0.15) is 4.39 Å². The Morgan fingerprint density at radius 3 is 2.50 bits per heavy atom. The lowest BCUT2D eigenvalue weighted by Gasteiger charge is -2.15. The topological polar surface area (TPSA) is 113 Å². The predicted octanol–water partition coefficient (Wildman–Crippen LogP) is 2.97. The standard InChI is InChI=1S/C24H17F3N2O7/c1-34-17-6-5-14(19(25)20(17)26)22(27)29-9-15(13-4-3-11(7-16(13)29)24(33)35-2)21(31)23(32)28-12-8-18(30)36-10-12/h3-9,22H,10H2,1-2H3,(H,28,32). The van der Waals surface area contributed by atoms with E-state index in [1.54, 1.807) is 0 Å². The van der Waals surface area contributed by atoms with Gasteiger partial charge in [-0.15, -0.1) is 0 Å². The first-order valence-corrected chi connectivity index (χ1v) is 10.3. The number of rotatable bonds is 7. The molecule has 36 heavy (non-hydrogen) atoms. The maximum absolute atomic E-state index is 15.7. The molecule has 12 heteroatoms. The van der Waals surface area contributed by atoms with E-state index in [9.17, 15) is 28.0 Å². The van der Waals surface area contributed by atoms with Gasteiger partial charge in [0.05, 0.1) is 36.6 Å². The predicted molar refractivity (Wildman–Crippen MR) is 117 cm³/mol. The molecule has 2 heterocycles. The summed E-state index contributed by atoms with van der Waals surface area (Å²) in [6.07, 6.45) is -0.422. The maximum Gasteiger partial charge on any atom is 0.337 e. The Morgan fingerprint density at radius 2 is 1.86 bits per heavy atom. The van der Waals surface area contributed by atoms with Gasteiger partial charge in [-0.3, -0.25) is 9.59 Å². The van der Waals surface area contributed by atoms with Gasteiger partial charge < -0.3 is 24.1 Å². The maximum atomic E-state index is 15.7. The monoisotopic (exact) mass is 502 g/mol. The minimum atomic E-state index is -2.37. The first-order chi connectivity index (χ1) is 17.2. The summed E-state index contributed by atoms with van der Waals surface area (Å²) in [5.41, 5.74) is -1.05. The summed E-state index contributed by atoms with van der Waals surface area (Å²) in [7, 11) is 2.25. The van der Waals surface area contributed by atoms with Crippen molar-refractivity contribution < 1.29 is 46.6 Å². The van der Waals surface area contributed by atoms with E-state index in [2.05, 4.69) is 14.8 Å². The number of carbonyl (C=O) groups excluding carboxylic acids is 4. The van der Waals surface area contributed by atoms with E-state index in [-0.39, 0.29) is 34.3 Å². The molecular formula is C24H17F3N2O7. The lowest BCUT2D eigenvalue weighted by molar-refractivity contribution is -0.135. The van der Waals surface area contributed by atoms with Crippen molar-refractivity contribution in [2.75, 3.05) is 20.8 Å². The number of aromatic nitrogens is 1. The second kappa shape index (κ2) is 9.56. The van der Waals surface area contributed by atoms with Crippen molar-refractivity contribution in [2.45, 2.75) is 6.30 Å². The highest BCUT2D eigenvalue weighted by Gasteiger charge is 2.29. The van der Waals surface area contributed by atoms with E-state index in [1.165, 1.54) is 18.2 Å². The number of cyclic esters (lactones) is 1. The minimum Gasteiger partial charge on any atom is -0.494 e. The van der Waals surface area contributed by atoms with Crippen LogP contribution in [0, 0.1) is 11.6 Å². The second-order valence-electron chi connectivity index (χ2n) is 7.55. The smallest absolute Gasteiger partial charge is 0.337 e. The molecule has 4 rings (SSSR count). The van der Waals surface area contributed by atoms with Crippen LogP contribution in [0.2, 0.25) is 0 Å². The number of hydrogen-bond donors (Lipinski definition) is 1. The van der Waals surface area contributed by atoms with Crippen LogP contribution < -0.4 is 10.1 Å². The molecule has 3 aromatic rings. The van der Waals surface area contributed by atoms with Crippen molar-refractivity contribution in [3.63, 3.8) is 0 Å². The van der Waals surface area contributed by atoms with Crippen LogP contribution in [-0.2, 0) is 19.1 Å². The molecule has 1 N–H and O–H groups in total. The number of halogens is 3. The minimum absolute atomic E-state index is 0.0202. The molecule has 1 aliphatic rings. The van der Waals surface area contributed by atoms with Crippen LogP contribution in [0.1, 0.15) is 32.6 Å². The number of ketones is 1. The molecule has 0 saturated heterocycles. The molecule has 186 valence electrons. The molecule has 0 bridgehead atoms. The number of Topliss-reactive ketones (excluding diaryl/α,β-unsaturated/α-hetero) is 1. The van der Waals surface area contributed by atoms with E-state index in [1.807, 2.05) is 0 Å². The normalized spacial score (nSPS) is 13.7. The van der Waals surface area contributed by atoms with Crippen LogP contribution in [0.25, 0.3) is 10.9 Å². The number of esters is 2. The van der Waals surface area contributed by atoms with Crippen molar-refractivity contribution in [1.29, 1.82) is 0 Å². The number of alkyl halides is 1. The molecule has 9 nitrogen and oxygen atoms in total. The van der Waals surface area contributed by atoms with Crippen LogP contribution in [0.3, 0.4) is 0 Å². The van der Waals surface area contributed by atoms with Gasteiger partial charge in [-0.1, -0.05) is 6.07 Å². The number of fused-ring (bicyclic) bond motifs is 1. The van der Waals surface area contributed by atoms with Crippen molar-refractivity contribution in [2.24, 2.45) is 0 Å². The van der Waals surface area contributed by atoms with Gasteiger partial charge in [-0.05, 0) is 24.3 Å². The Morgan fingerprint density at radius 1 is 1.11 bits per heavy atom. The van der Waals surface area contributed by atoms with Crippen molar-refractivity contribution in [3.8, 4) is 5.75 Å². The zero-order chi connectivity index (χ0) is 26.1. The summed E-state index contributed by atoms with van der Waals surface area (Å²) >= 11 is 0. The van der Waals surface area contributed by atoms with Crippen LogP contribution in [0.5, 0.6) is 5.75 Å². The van der Waals surface area contributed by atoms with Gasteiger partial charge in [0, 0.05) is 23.2 Å². The van der Waals surface area contributed by atoms with Gasteiger partial charge in [-0.25, -0.2) is 18.4 Å². The van der Waals surface area contributed by atoms with Gasteiger partial charge in [0.25, 0.3) is 11.7 Å². The number of ether oxygens (including phenoxy) is 3. The number of benzene rings is 2. The number of amides is 1. The quantitative estimate of drug-likeness (QED) is 0.300. The Kier molecular flexibility index (Phi) is 6.51. The Hall–Kier alpha value is -4.61. The molecule has 1 unspecified atom stereocenters. The zero-order valence-corrected chi connectivity index (χ0v) is 18.8. The third-order valence-corrected chi connectivity index (χ3v) is 5.44. The average molecular weight is 502 g/mol. The molecule has 0 aliphatic carbocycles. The molecule has 0 fully saturated rings. The van der Waals surface area contributed by atoms with E-state index < -0.39 is 52.9 Å². The summed E-state index contributed by atoms with van der Waals surface area (Å²) in [6, 6.07) is 5.77. The highest BCUT2D eigenvalue weighted by molar-refractivity contribution is 6.45. The fourth-order valence-electron chi connectivity index (χ4n) is 3.67. The highest BCUT2D eigenvalue weighted by Crippen LogP contribution is 2.34. The third-order valence-electron chi connectivity index (χ3n) is 5.44. The number of carbonyl (C=O) groups is 4. The fourth-order valence-corrected chi connectivity index (χ4v) is 3.67.